The second-order valence-electron chi connectivity index (χ2n) is 5.87. The Bertz CT molecular complexity index is 432. The fraction of sp³-hybridized carbons (Fsp3) is 0.625. The molecule has 2 fully saturated rings. The Morgan fingerprint density at radius 1 is 1.32 bits per heavy atom. The summed E-state index contributed by atoms with van der Waals surface area (Å²) >= 11 is 0. The smallest absolute Gasteiger partial charge is 0.225 e. The van der Waals surface area contributed by atoms with E-state index in [-0.39, 0.29) is 0 Å². The summed E-state index contributed by atoms with van der Waals surface area (Å²) in [5.74, 6) is 3.53. The van der Waals surface area contributed by atoms with Gasteiger partial charge in [0.05, 0.1) is 0 Å². The Morgan fingerprint density at radius 3 is 2.53 bits per heavy atom. The zero-order chi connectivity index (χ0) is 13.2. The van der Waals surface area contributed by atoms with Crippen LogP contribution in [-0.4, -0.2) is 23.1 Å². The van der Waals surface area contributed by atoms with Gasteiger partial charge in [0.25, 0.3) is 0 Å². The van der Waals surface area contributed by atoms with E-state index in [0.29, 0.717) is 0 Å². The molecule has 0 spiro atoms. The van der Waals surface area contributed by atoms with Gasteiger partial charge in [0.2, 0.25) is 5.95 Å². The molecule has 1 aromatic rings. The minimum atomic E-state index is 0.802. The summed E-state index contributed by atoms with van der Waals surface area (Å²) < 4.78 is 0. The van der Waals surface area contributed by atoms with Crippen LogP contribution in [0.3, 0.4) is 0 Å². The van der Waals surface area contributed by atoms with Gasteiger partial charge in [0, 0.05) is 25.5 Å². The summed E-state index contributed by atoms with van der Waals surface area (Å²) in [5.41, 5.74) is 1.21. The fourth-order valence-electron chi connectivity index (χ4n) is 3.27. The first kappa shape index (κ1) is 12.6. The third kappa shape index (κ3) is 2.65. The first-order valence-corrected chi connectivity index (χ1v) is 7.50. The summed E-state index contributed by atoms with van der Waals surface area (Å²) in [4.78, 5) is 11.3. The molecule has 1 aliphatic carbocycles. The van der Waals surface area contributed by atoms with Gasteiger partial charge in [-0.1, -0.05) is 13.0 Å². The van der Waals surface area contributed by atoms with Crippen LogP contribution in [0.15, 0.2) is 25.0 Å². The number of hydrogen-bond acceptors (Lipinski definition) is 3. The maximum atomic E-state index is 4.49. The minimum absolute atomic E-state index is 0.802. The Morgan fingerprint density at radius 2 is 2.00 bits per heavy atom. The molecule has 0 amide bonds. The van der Waals surface area contributed by atoms with Crippen molar-refractivity contribution < 1.29 is 0 Å². The van der Waals surface area contributed by atoms with Crippen molar-refractivity contribution in [2.24, 2.45) is 17.8 Å². The van der Waals surface area contributed by atoms with Crippen LogP contribution in [0.1, 0.15) is 31.7 Å². The van der Waals surface area contributed by atoms with E-state index in [4.69, 9.17) is 0 Å². The Labute approximate surface area is 115 Å². The summed E-state index contributed by atoms with van der Waals surface area (Å²) in [7, 11) is 0. The highest BCUT2D eigenvalue weighted by Crippen LogP contribution is 2.48. The zero-order valence-corrected chi connectivity index (χ0v) is 11.8. The van der Waals surface area contributed by atoms with Crippen molar-refractivity contribution in [3.63, 3.8) is 0 Å². The monoisotopic (exact) mass is 257 g/mol. The zero-order valence-electron chi connectivity index (χ0n) is 11.8. The van der Waals surface area contributed by atoms with E-state index < -0.39 is 0 Å². The molecule has 102 valence electrons. The molecule has 1 aromatic heterocycles. The number of aryl methyl sites for hydroxylation is 1. The van der Waals surface area contributed by atoms with Crippen LogP contribution in [0.4, 0.5) is 5.95 Å². The van der Waals surface area contributed by atoms with Crippen molar-refractivity contribution in [1.82, 2.24) is 9.97 Å². The van der Waals surface area contributed by atoms with Gasteiger partial charge in [0.15, 0.2) is 0 Å². The SMILES string of the molecule is C=CC1CC1C1CCN(c2ncc(CC)cn2)CC1. The van der Waals surface area contributed by atoms with E-state index in [2.05, 4.69) is 34.4 Å². The van der Waals surface area contributed by atoms with E-state index in [9.17, 15) is 0 Å². The summed E-state index contributed by atoms with van der Waals surface area (Å²) in [6.45, 7) is 8.27. The standard InChI is InChI=1S/C16H23N3/c1-3-12-10-17-16(18-11-12)19-7-5-14(6-8-19)15-9-13(15)4-2/h4,10-11,13-15H,2-3,5-9H2,1H3. The average Bonchev–Trinajstić information content (AvgIpc) is 3.27. The molecule has 2 atom stereocenters. The Hall–Kier alpha value is -1.38. The van der Waals surface area contributed by atoms with E-state index in [1.807, 2.05) is 12.4 Å². The maximum absolute atomic E-state index is 4.49. The lowest BCUT2D eigenvalue weighted by Crippen LogP contribution is -2.35. The number of anilines is 1. The number of aromatic nitrogens is 2. The lowest BCUT2D eigenvalue weighted by molar-refractivity contribution is 0.352. The topological polar surface area (TPSA) is 29.0 Å². The predicted molar refractivity (Wildman–Crippen MR) is 78.1 cm³/mol. The Kier molecular flexibility index (Phi) is 3.54. The van der Waals surface area contributed by atoms with Gasteiger partial charge < -0.3 is 4.90 Å². The average molecular weight is 257 g/mol. The third-order valence-corrected chi connectivity index (χ3v) is 4.72. The summed E-state index contributed by atoms with van der Waals surface area (Å²) in [6.07, 6.45) is 11.0. The quantitative estimate of drug-likeness (QED) is 0.776. The summed E-state index contributed by atoms with van der Waals surface area (Å²) in [6, 6.07) is 0. The van der Waals surface area contributed by atoms with E-state index in [1.54, 1.807) is 0 Å². The normalized spacial score (nSPS) is 27.3. The second-order valence-corrected chi connectivity index (χ2v) is 5.87. The van der Waals surface area contributed by atoms with Gasteiger partial charge in [-0.25, -0.2) is 9.97 Å². The van der Waals surface area contributed by atoms with E-state index in [1.165, 1.54) is 24.8 Å². The van der Waals surface area contributed by atoms with Crippen molar-refractivity contribution in [2.45, 2.75) is 32.6 Å². The highest BCUT2D eigenvalue weighted by Gasteiger charge is 2.41. The highest BCUT2D eigenvalue weighted by atomic mass is 15.2. The van der Waals surface area contributed by atoms with Crippen molar-refractivity contribution in [3.8, 4) is 0 Å². The van der Waals surface area contributed by atoms with Crippen molar-refractivity contribution in [3.05, 3.63) is 30.6 Å². The van der Waals surface area contributed by atoms with E-state index in [0.717, 1.165) is 43.2 Å². The van der Waals surface area contributed by atoms with Crippen LogP contribution >= 0.6 is 0 Å². The number of hydrogen-bond donors (Lipinski definition) is 0. The van der Waals surface area contributed by atoms with Gasteiger partial charge in [0.1, 0.15) is 0 Å². The molecule has 3 rings (SSSR count). The second kappa shape index (κ2) is 5.32. The molecule has 19 heavy (non-hydrogen) atoms. The molecule has 1 saturated heterocycles. The van der Waals surface area contributed by atoms with Crippen LogP contribution in [0.25, 0.3) is 0 Å². The lowest BCUT2D eigenvalue weighted by Gasteiger charge is -2.32. The highest BCUT2D eigenvalue weighted by molar-refractivity contribution is 5.30. The lowest BCUT2D eigenvalue weighted by atomic mass is 9.91. The van der Waals surface area contributed by atoms with Gasteiger partial charge in [-0.05, 0) is 49.0 Å². The van der Waals surface area contributed by atoms with Crippen LogP contribution in [-0.2, 0) is 6.42 Å². The predicted octanol–water partition coefficient (Wildman–Crippen LogP) is 3.08. The third-order valence-electron chi connectivity index (χ3n) is 4.72. The van der Waals surface area contributed by atoms with Crippen molar-refractivity contribution in [1.29, 1.82) is 0 Å². The molecular formula is C16H23N3. The first-order chi connectivity index (χ1) is 9.31. The molecule has 2 unspecified atom stereocenters. The number of piperidine rings is 1. The van der Waals surface area contributed by atoms with Gasteiger partial charge in [-0.2, -0.15) is 0 Å². The molecule has 3 heteroatoms. The molecule has 1 saturated carbocycles. The first-order valence-electron chi connectivity index (χ1n) is 7.50. The van der Waals surface area contributed by atoms with Crippen molar-refractivity contribution in [2.75, 3.05) is 18.0 Å². The van der Waals surface area contributed by atoms with Crippen LogP contribution in [0.2, 0.25) is 0 Å². The van der Waals surface area contributed by atoms with Gasteiger partial charge >= 0.3 is 0 Å². The summed E-state index contributed by atoms with van der Waals surface area (Å²) in [5, 5.41) is 0. The molecule has 1 aliphatic heterocycles. The molecule has 3 nitrogen and oxygen atoms in total. The maximum Gasteiger partial charge on any atom is 0.225 e. The molecule has 0 N–H and O–H groups in total. The van der Waals surface area contributed by atoms with Crippen LogP contribution < -0.4 is 4.90 Å². The Balaban J connectivity index is 1.56. The number of rotatable bonds is 4. The molecule has 2 heterocycles. The van der Waals surface area contributed by atoms with Crippen LogP contribution in [0, 0.1) is 17.8 Å². The van der Waals surface area contributed by atoms with Gasteiger partial charge in [-0.3, -0.25) is 0 Å². The fourth-order valence-corrected chi connectivity index (χ4v) is 3.27. The minimum Gasteiger partial charge on any atom is -0.341 e. The number of allylic oxidation sites excluding steroid dienone is 1. The number of nitrogens with zero attached hydrogens (tertiary/aromatic N) is 3. The van der Waals surface area contributed by atoms with Crippen LogP contribution in [0.5, 0.6) is 0 Å². The largest absolute Gasteiger partial charge is 0.341 e. The molecular weight excluding hydrogens is 234 g/mol. The van der Waals surface area contributed by atoms with Crippen molar-refractivity contribution >= 4 is 5.95 Å². The molecule has 0 aromatic carbocycles. The van der Waals surface area contributed by atoms with Gasteiger partial charge in [-0.15, -0.1) is 6.58 Å². The molecule has 2 aliphatic rings. The molecule has 0 radical (unpaired) electrons. The molecule has 0 bridgehead atoms. The van der Waals surface area contributed by atoms with E-state index >= 15 is 0 Å².